The number of anilines is 1. The number of hydrogen-bond acceptors (Lipinski definition) is 5. The highest BCUT2D eigenvalue weighted by atomic mass is 16.6. The molecule has 2 atom stereocenters. The number of aliphatic hydroxyl groups excluding tert-OH is 1. The maximum absolute atomic E-state index is 10.7. The van der Waals surface area contributed by atoms with Crippen LogP contribution in [-0.2, 0) is 0 Å². The van der Waals surface area contributed by atoms with Gasteiger partial charge in [-0.05, 0) is 26.3 Å². The lowest BCUT2D eigenvalue weighted by Gasteiger charge is -2.15. The van der Waals surface area contributed by atoms with Crippen molar-refractivity contribution >= 4 is 11.5 Å². The van der Waals surface area contributed by atoms with Crippen molar-refractivity contribution in [1.82, 2.24) is 4.98 Å². The summed E-state index contributed by atoms with van der Waals surface area (Å²) in [6.45, 7) is 3.51. The molecule has 0 bridgehead atoms. The van der Waals surface area contributed by atoms with Gasteiger partial charge < -0.3 is 10.4 Å². The minimum atomic E-state index is -0.482. The molecule has 0 spiro atoms. The lowest BCUT2D eigenvalue weighted by molar-refractivity contribution is -0.384. The first kappa shape index (κ1) is 12.4. The molecule has 0 amide bonds. The normalized spacial score (nSPS) is 14.2. The number of hydrogen-bond donors (Lipinski definition) is 2. The summed E-state index contributed by atoms with van der Waals surface area (Å²) in [4.78, 5) is 14.1. The molecule has 0 saturated heterocycles. The van der Waals surface area contributed by atoms with Crippen LogP contribution < -0.4 is 5.32 Å². The van der Waals surface area contributed by atoms with Gasteiger partial charge in [-0.3, -0.25) is 10.1 Å². The van der Waals surface area contributed by atoms with Crippen LogP contribution in [0.25, 0.3) is 0 Å². The average molecular weight is 225 g/mol. The number of nitrogens with one attached hydrogen (secondary N) is 1. The van der Waals surface area contributed by atoms with E-state index < -0.39 is 11.0 Å². The Morgan fingerprint density at radius 1 is 1.62 bits per heavy atom. The van der Waals surface area contributed by atoms with Gasteiger partial charge >= 0.3 is 5.69 Å². The molecule has 2 N–H and O–H groups in total. The minimum Gasteiger partial charge on any atom is -0.393 e. The van der Waals surface area contributed by atoms with E-state index in [1.165, 1.54) is 18.3 Å². The smallest absolute Gasteiger partial charge is 0.311 e. The Morgan fingerprint density at radius 3 is 2.88 bits per heavy atom. The number of rotatable bonds is 5. The first-order valence-corrected chi connectivity index (χ1v) is 5.04. The molecule has 16 heavy (non-hydrogen) atoms. The summed E-state index contributed by atoms with van der Waals surface area (Å²) in [7, 11) is 0. The Balaban J connectivity index is 2.76. The molecular weight excluding hydrogens is 210 g/mol. The molecule has 0 aromatic carbocycles. The zero-order valence-electron chi connectivity index (χ0n) is 9.25. The molecule has 0 aliphatic carbocycles. The minimum absolute atomic E-state index is 0.0556. The number of nitro groups is 1. The Labute approximate surface area is 93.5 Å². The highest BCUT2D eigenvalue weighted by Gasteiger charge is 2.16. The maximum Gasteiger partial charge on any atom is 0.311 e. The Bertz CT molecular complexity index is 368. The van der Waals surface area contributed by atoms with Crippen molar-refractivity contribution in [2.75, 3.05) is 5.32 Å². The number of aliphatic hydroxyl groups is 1. The van der Waals surface area contributed by atoms with E-state index in [4.69, 9.17) is 0 Å². The van der Waals surface area contributed by atoms with Crippen LogP contribution in [0, 0.1) is 10.1 Å². The summed E-state index contributed by atoms with van der Waals surface area (Å²) in [5.74, 6) is 0.237. The van der Waals surface area contributed by atoms with E-state index in [1.54, 1.807) is 6.92 Å². The second-order valence-corrected chi connectivity index (χ2v) is 3.76. The molecule has 1 heterocycles. The molecular formula is C10H15N3O3. The van der Waals surface area contributed by atoms with Crippen molar-refractivity contribution in [3.63, 3.8) is 0 Å². The average Bonchev–Trinajstić information content (AvgIpc) is 2.16. The van der Waals surface area contributed by atoms with E-state index in [0.717, 1.165) is 0 Å². The third kappa shape index (κ3) is 3.47. The van der Waals surface area contributed by atoms with Crippen LogP contribution in [0.5, 0.6) is 0 Å². The summed E-state index contributed by atoms with van der Waals surface area (Å²) < 4.78 is 0. The summed E-state index contributed by atoms with van der Waals surface area (Å²) in [5.41, 5.74) is -0.0556. The maximum atomic E-state index is 10.7. The molecule has 1 rings (SSSR count). The molecule has 0 aliphatic heterocycles. The third-order valence-corrected chi connectivity index (χ3v) is 2.06. The van der Waals surface area contributed by atoms with E-state index in [2.05, 4.69) is 10.3 Å². The van der Waals surface area contributed by atoms with E-state index >= 15 is 0 Å². The molecule has 0 saturated carbocycles. The topological polar surface area (TPSA) is 88.3 Å². The Morgan fingerprint density at radius 2 is 2.31 bits per heavy atom. The van der Waals surface area contributed by atoms with Gasteiger partial charge in [-0.1, -0.05) is 0 Å². The third-order valence-electron chi connectivity index (χ3n) is 2.06. The van der Waals surface area contributed by atoms with Gasteiger partial charge in [-0.25, -0.2) is 4.98 Å². The summed E-state index contributed by atoms with van der Waals surface area (Å²) >= 11 is 0. The van der Waals surface area contributed by atoms with Crippen LogP contribution in [-0.4, -0.2) is 27.2 Å². The van der Waals surface area contributed by atoms with Gasteiger partial charge in [0.05, 0.1) is 11.0 Å². The van der Waals surface area contributed by atoms with Gasteiger partial charge in [0.25, 0.3) is 0 Å². The molecule has 0 radical (unpaired) electrons. The molecule has 0 aliphatic rings. The SMILES string of the molecule is CC(O)CC(C)Nc1ncccc1[N+](=O)[O-]. The van der Waals surface area contributed by atoms with Gasteiger partial charge in [0, 0.05) is 18.3 Å². The van der Waals surface area contributed by atoms with Crippen molar-refractivity contribution in [2.45, 2.75) is 32.4 Å². The lowest BCUT2D eigenvalue weighted by atomic mass is 10.1. The molecule has 1 aromatic rings. The fraction of sp³-hybridized carbons (Fsp3) is 0.500. The van der Waals surface area contributed by atoms with Crippen LogP contribution in [0.2, 0.25) is 0 Å². The molecule has 6 nitrogen and oxygen atoms in total. The van der Waals surface area contributed by atoms with Crippen molar-refractivity contribution in [3.8, 4) is 0 Å². The molecule has 2 unspecified atom stereocenters. The summed E-state index contributed by atoms with van der Waals surface area (Å²) in [6.07, 6.45) is 1.54. The highest BCUT2D eigenvalue weighted by Crippen LogP contribution is 2.21. The van der Waals surface area contributed by atoms with E-state index in [-0.39, 0.29) is 17.5 Å². The largest absolute Gasteiger partial charge is 0.393 e. The van der Waals surface area contributed by atoms with E-state index in [9.17, 15) is 15.2 Å². The highest BCUT2D eigenvalue weighted by molar-refractivity contribution is 5.55. The zero-order chi connectivity index (χ0) is 12.1. The van der Waals surface area contributed by atoms with Crippen LogP contribution in [0.1, 0.15) is 20.3 Å². The van der Waals surface area contributed by atoms with Crippen LogP contribution in [0.4, 0.5) is 11.5 Å². The number of nitrogens with zero attached hydrogens (tertiary/aromatic N) is 2. The summed E-state index contributed by atoms with van der Waals surface area (Å²) in [6, 6.07) is 2.83. The number of pyridine rings is 1. The first-order valence-electron chi connectivity index (χ1n) is 5.04. The van der Waals surface area contributed by atoms with E-state index in [1.807, 2.05) is 6.92 Å². The fourth-order valence-electron chi connectivity index (χ4n) is 1.46. The molecule has 6 heteroatoms. The van der Waals surface area contributed by atoms with Gasteiger partial charge in [0.15, 0.2) is 0 Å². The Kier molecular flexibility index (Phi) is 4.19. The monoisotopic (exact) mass is 225 g/mol. The molecule has 0 fully saturated rings. The first-order chi connectivity index (χ1) is 7.50. The fourth-order valence-corrected chi connectivity index (χ4v) is 1.46. The van der Waals surface area contributed by atoms with Crippen LogP contribution in [0.3, 0.4) is 0 Å². The van der Waals surface area contributed by atoms with Crippen molar-refractivity contribution in [1.29, 1.82) is 0 Å². The van der Waals surface area contributed by atoms with Crippen molar-refractivity contribution in [2.24, 2.45) is 0 Å². The standard InChI is InChI=1S/C10H15N3O3/c1-7(6-8(2)14)12-10-9(13(15)16)4-3-5-11-10/h3-5,7-8,14H,6H2,1-2H3,(H,11,12). The van der Waals surface area contributed by atoms with Crippen LogP contribution in [0.15, 0.2) is 18.3 Å². The zero-order valence-corrected chi connectivity index (χ0v) is 9.25. The predicted molar refractivity (Wildman–Crippen MR) is 60.3 cm³/mol. The van der Waals surface area contributed by atoms with Crippen molar-refractivity contribution in [3.05, 3.63) is 28.4 Å². The van der Waals surface area contributed by atoms with Crippen molar-refractivity contribution < 1.29 is 10.0 Å². The van der Waals surface area contributed by atoms with Gasteiger partial charge in [0.1, 0.15) is 0 Å². The van der Waals surface area contributed by atoms with E-state index in [0.29, 0.717) is 6.42 Å². The predicted octanol–water partition coefficient (Wildman–Crippen LogP) is 1.56. The quantitative estimate of drug-likeness (QED) is 0.586. The van der Waals surface area contributed by atoms with Crippen LogP contribution >= 0.6 is 0 Å². The molecule has 88 valence electrons. The van der Waals surface area contributed by atoms with Gasteiger partial charge in [0.2, 0.25) is 5.82 Å². The Hall–Kier alpha value is -1.69. The summed E-state index contributed by atoms with van der Waals surface area (Å²) in [5, 5.41) is 22.8. The number of aromatic nitrogens is 1. The second-order valence-electron chi connectivity index (χ2n) is 3.76. The lowest BCUT2D eigenvalue weighted by Crippen LogP contribution is -2.21. The van der Waals surface area contributed by atoms with Gasteiger partial charge in [-0.15, -0.1) is 0 Å². The molecule has 1 aromatic heterocycles. The second kappa shape index (κ2) is 5.41. The van der Waals surface area contributed by atoms with Gasteiger partial charge in [-0.2, -0.15) is 0 Å².